The highest BCUT2D eigenvalue weighted by Crippen LogP contribution is 2.45. The van der Waals surface area contributed by atoms with Gasteiger partial charge in [-0.2, -0.15) is 0 Å². The topological polar surface area (TPSA) is 276 Å². The van der Waals surface area contributed by atoms with E-state index in [0.717, 1.165) is 47.9 Å². The molecule has 4 aliphatic carbocycles. The number of hydrogen-bond donors (Lipinski definition) is 7. The van der Waals surface area contributed by atoms with Crippen LogP contribution in [0.1, 0.15) is 118 Å². The fourth-order valence-corrected chi connectivity index (χ4v) is 12.7. The van der Waals surface area contributed by atoms with E-state index in [4.69, 9.17) is 10.5 Å². The van der Waals surface area contributed by atoms with Gasteiger partial charge in [0.15, 0.2) is 12.4 Å². The van der Waals surface area contributed by atoms with Crippen molar-refractivity contribution in [3.8, 4) is 5.75 Å². The van der Waals surface area contributed by atoms with Crippen LogP contribution in [0.3, 0.4) is 0 Å². The normalized spacial score (nSPS) is 26.1. The Kier molecular flexibility index (Phi) is 18.0. The highest BCUT2D eigenvalue weighted by Gasteiger charge is 2.51. The van der Waals surface area contributed by atoms with E-state index in [0.29, 0.717) is 19.4 Å². The zero-order valence-electron chi connectivity index (χ0n) is 47.9. The molecule has 19 heteroatoms. The molecule has 2 saturated heterocycles. The van der Waals surface area contributed by atoms with Crippen molar-refractivity contribution in [1.29, 1.82) is 0 Å². The van der Waals surface area contributed by atoms with E-state index in [9.17, 15) is 43.5 Å². The van der Waals surface area contributed by atoms with E-state index in [1.165, 1.54) is 28.0 Å². The van der Waals surface area contributed by atoms with Gasteiger partial charge in [-0.25, -0.2) is 0 Å². The molecule has 6 fully saturated rings. The molecule has 86 heavy (non-hydrogen) atoms. The number of carbonyl (C=O) groups excluding carboxylic acids is 8. The molecule has 2 heterocycles. The number of Topliss-reactive ketones (excluding diaryl/α,β-unsaturated/α-hetero) is 1. The lowest BCUT2D eigenvalue weighted by Gasteiger charge is -2.21. The summed E-state index contributed by atoms with van der Waals surface area (Å²) in [4.78, 5) is 129. The third-order valence-corrected chi connectivity index (χ3v) is 18.1. The number of amides is 7. The molecule has 8 N–H and O–H groups in total. The summed E-state index contributed by atoms with van der Waals surface area (Å²) in [5.74, 6) is -9.44. The van der Waals surface area contributed by atoms with Crippen LogP contribution < -0.4 is 37.1 Å². The van der Waals surface area contributed by atoms with E-state index in [-0.39, 0.29) is 127 Å². The third kappa shape index (κ3) is 14.2. The molecule has 5 aromatic carbocycles. The summed E-state index contributed by atoms with van der Waals surface area (Å²) >= 11 is 0. The van der Waals surface area contributed by atoms with Crippen LogP contribution in [-0.2, 0) is 33.6 Å². The zero-order chi connectivity index (χ0) is 60.0. The van der Waals surface area contributed by atoms with Crippen LogP contribution in [0.2, 0.25) is 0 Å². The average molecular weight is 1170 g/mol. The maximum absolute atomic E-state index is 15.0. The first-order chi connectivity index (χ1) is 41.7. The lowest BCUT2D eigenvalue weighted by atomic mass is 9.94. The molecule has 4 saturated carbocycles. The summed E-state index contributed by atoms with van der Waals surface area (Å²) < 4.78 is 6.11. The Hall–Kier alpha value is -8.71. The van der Waals surface area contributed by atoms with Gasteiger partial charge in [-0.15, -0.1) is 0 Å². The van der Waals surface area contributed by atoms with Gasteiger partial charge in [0.05, 0.1) is 41.7 Å². The minimum Gasteiger partial charge on any atom is -0.483 e. The van der Waals surface area contributed by atoms with Crippen LogP contribution in [0, 0.1) is 29.6 Å². The lowest BCUT2D eigenvalue weighted by molar-refractivity contribution is -0.144. The van der Waals surface area contributed by atoms with E-state index < -0.39 is 72.2 Å². The monoisotopic (exact) mass is 1170 g/mol. The molecule has 448 valence electrons. The summed E-state index contributed by atoms with van der Waals surface area (Å²) in [6, 6.07) is 42.9. The van der Waals surface area contributed by atoms with Crippen molar-refractivity contribution in [2.45, 2.75) is 99.2 Å². The number of carboxylic acid groups (broad SMARTS) is 1. The van der Waals surface area contributed by atoms with Gasteiger partial charge in [0.1, 0.15) is 5.75 Å². The third-order valence-electron chi connectivity index (χ3n) is 18.1. The Morgan fingerprint density at radius 3 is 1.27 bits per heavy atom. The number of nitrogens with zero attached hydrogens (tertiary/aromatic N) is 2. The van der Waals surface area contributed by atoms with Crippen molar-refractivity contribution < 1.29 is 53.0 Å². The molecule has 7 amide bonds. The second-order valence-corrected chi connectivity index (χ2v) is 24.2. The summed E-state index contributed by atoms with van der Waals surface area (Å²) in [5, 5.41) is 24.9. The zero-order valence-corrected chi connectivity index (χ0v) is 47.9. The molecule has 11 rings (SSSR count). The van der Waals surface area contributed by atoms with E-state index >= 15 is 4.79 Å². The van der Waals surface area contributed by atoms with Crippen molar-refractivity contribution in [3.63, 3.8) is 0 Å². The van der Waals surface area contributed by atoms with Crippen LogP contribution >= 0.6 is 0 Å². The number of unbranched alkanes of at least 4 members (excludes halogenated alkanes) is 1. The number of nitrogens with one attached hydrogen (secondary N) is 5. The maximum Gasteiger partial charge on any atom is 0.306 e. The number of ether oxygens (including phenoxy) is 1. The second kappa shape index (κ2) is 26.3. The lowest BCUT2D eigenvalue weighted by Crippen LogP contribution is -2.43. The molecule has 0 bridgehead atoms. The molecule has 0 aromatic heterocycles. The van der Waals surface area contributed by atoms with Crippen molar-refractivity contribution in [1.82, 2.24) is 36.4 Å². The van der Waals surface area contributed by atoms with Crippen molar-refractivity contribution in [2.24, 2.45) is 35.3 Å². The fourth-order valence-electron chi connectivity index (χ4n) is 12.7. The Labute approximate surface area is 499 Å². The molecule has 2 aliphatic heterocycles. The number of ketones is 1. The van der Waals surface area contributed by atoms with E-state index in [1.807, 2.05) is 121 Å². The largest absolute Gasteiger partial charge is 0.483 e. The molecule has 5 aromatic rings. The predicted octanol–water partition coefficient (Wildman–Crippen LogP) is 5.04. The Morgan fingerprint density at radius 2 is 0.895 bits per heavy atom. The predicted molar refractivity (Wildman–Crippen MR) is 317 cm³/mol. The number of carboxylic acids is 1. The molecule has 0 unspecified atom stereocenters. The van der Waals surface area contributed by atoms with Gasteiger partial charge in [0.25, 0.3) is 17.7 Å². The van der Waals surface area contributed by atoms with Gasteiger partial charge in [0.2, 0.25) is 23.6 Å². The highest BCUT2D eigenvalue weighted by molar-refractivity contribution is 6.02. The van der Waals surface area contributed by atoms with Gasteiger partial charge in [0, 0.05) is 86.0 Å². The van der Waals surface area contributed by atoms with Gasteiger partial charge >= 0.3 is 5.97 Å². The average Bonchev–Trinajstić information content (AvgIpc) is 2.66. The van der Waals surface area contributed by atoms with Gasteiger partial charge in [-0.05, 0) is 85.5 Å². The first-order valence-electron chi connectivity index (χ1n) is 30.2. The summed E-state index contributed by atoms with van der Waals surface area (Å²) in [6.45, 7) is -1.31. The van der Waals surface area contributed by atoms with Crippen molar-refractivity contribution in [3.05, 3.63) is 173 Å². The number of rotatable bonds is 26. The van der Waals surface area contributed by atoms with Gasteiger partial charge < -0.3 is 52.0 Å². The molecule has 0 spiro atoms. The Balaban J connectivity index is 0.827. The number of benzene rings is 5. The van der Waals surface area contributed by atoms with Crippen LogP contribution in [0.4, 0.5) is 0 Å². The summed E-state index contributed by atoms with van der Waals surface area (Å²) in [7, 11) is 0. The van der Waals surface area contributed by atoms with Gasteiger partial charge in [-0.1, -0.05) is 128 Å². The van der Waals surface area contributed by atoms with Crippen LogP contribution in [0.5, 0.6) is 5.75 Å². The first kappa shape index (κ1) is 59.0. The molecular weight excluding hydrogens is 1090 g/mol. The minimum atomic E-state index is -1.13. The van der Waals surface area contributed by atoms with Crippen LogP contribution in [-0.4, -0.2) is 138 Å². The molecule has 6 aliphatic rings. The summed E-state index contributed by atoms with van der Waals surface area (Å²) in [5.41, 5.74) is 9.88. The first-order valence-corrected chi connectivity index (χ1v) is 30.2. The Bertz CT molecular complexity index is 3180. The molecule has 19 nitrogen and oxygen atoms in total. The highest BCUT2D eigenvalue weighted by atomic mass is 16.5. The van der Waals surface area contributed by atoms with Crippen LogP contribution in [0.25, 0.3) is 0 Å². The molecule has 0 radical (unpaired) electrons. The SMILES string of the molecule is NCCCC[C@H](CC(=O)CNC(=O)COc1cc(C(=O)N2C[C@@H](C(=O)N[C@H]3C[C@@H]3c3ccccc3)[C@H](C(=O)N[C@H]3C[C@@H]3c3ccccc3)C2)ccc1C(=O)N1C[C@@H](C(=O)N[C@H]2C[C@@H]2c2ccccc2)[C@H](C(=O)N[C@H]2C[C@@H]2c2ccccc2)C1)C(=O)O. The standard InChI is InChI=1S/C67H74N8O11/c68-26-14-13-23-44(67(84)85)27-45(76)33-69-60(77)38-86-59-28-43(65(82)74-34-51(61(78)70-55-29-47(55)39-15-5-1-6-16-39)52(35-74)62(79)71-56-30-48(56)40-17-7-2-8-18-40)24-25-46(59)66(83)75-36-53(63(80)72-57-31-49(57)41-19-9-3-10-20-41)54(37-75)64(81)73-58-32-50(58)42-21-11-4-12-22-42/h1-12,15-22,24-25,28,44,47-58H,13-14,23,26-27,29-38,68H2,(H,69,77)(H,70,78)(H,71,79)(H,72,80)(H,73,81)(H,84,85)/t44-,47-,48-,49-,50-,51-,52-,53-,54-,55+,56+,57+,58+/m1/s1. The smallest absolute Gasteiger partial charge is 0.306 e. The summed E-state index contributed by atoms with van der Waals surface area (Å²) in [6.07, 6.45) is 3.95. The van der Waals surface area contributed by atoms with E-state index in [2.05, 4.69) is 26.6 Å². The van der Waals surface area contributed by atoms with E-state index in [1.54, 1.807) is 0 Å². The number of likely N-dealkylation sites (tertiary alicyclic amines) is 2. The quantitative estimate of drug-likeness (QED) is 0.0359. The number of hydrogen-bond acceptors (Lipinski definition) is 11. The molecule has 13 atom stereocenters. The molecular formula is C67H74N8O11. The number of aliphatic carboxylic acids is 1. The maximum atomic E-state index is 15.0. The minimum absolute atomic E-state index is 0.0186. The second-order valence-electron chi connectivity index (χ2n) is 24.2. The number of carbonyl (C=O) groups is 9. The Morgan fingerprint density at radius 1 is 0.512 bits per heavy atom. The van der Waals surface area contributed by atoms with Crippen molar-refractivity contribution >= 4 is 53.1 Å². The number of nitrogens with two attached hydrogens (primary N) is 1. The fraction of sp³-hybridized carbons (Fsp3) is 0.418. The van der Waals surface area contributed by atoms with Crippen molar-refractivity contribution in [2.75, 3.05) is 45.9 Å². The van der Waals surface area contributed by atoms with Crippen LogP contribution in [0.15, 0.2) is 140 Å². The van der Waals surface area contributed by atoms with Gasteiger partial charge in [-0.3, -0.25) is 43.2 Å².